The number of carbonyl (C=O) groups excluding carboxylic acids is 1. The maximum atomic E-state index is 11.7. The number of rotatable bonds is 22. The molecule has 0 amide bonds. The Labute approximate surface area is 193 Å². The fourth-order valence-corrected chi connectivity index (χ4v) is 3.70. The molecule has 0 unspecified atom stereocenters. The molecule has 0 aromatic rings. The Morgan fingerprint density at radius 3 is 1.87 bits per heavy atom. The van der Waals surface area contributed by atoms with E-state index in [1.165, 1.54) is 70.6 Å². The van der Waals surface area contributed by atoms with Gasteiger partial charge in [-0.05, 0) is 38.8 Å². The fraction of sp³-hybridized carbons (Fsp3) is 0.889. The lowest BCUT2D eigenvalue weighted by Gasteiger charge is -2.21. The SMILES string of the molecule is CCCCCCC#CCOC(=O)CCCCCCCN(CCO)CCCCCCCC. The molecule has 1 N–H and O–H groups in total. The van der Waals surface area contributed by atoms with Gasteiger partial charge < -0.3 is 14.7 Å². The van der Waals surface area contributed by atoms with Gasteiger partial charge in [-0.25, -0.2) is 0 Å². The van der Waals surface area contributed by atoms with Crippen molar-refractivity contribution >= 4 is 5.97 Å². The first-order chi connectivity index (χ1) is 15.2. The molecule has 182 valence electrons. The molecule has 0 aliphatic heterocycles. The Morgan fingerprint density at radius 2 is 1.26 bits per heavy atom. The molecule has 0 spiro atoms. The molecule has 31 heavy (non-hydrogen) atoms. The second-order valence-corrected chi connectivity index (χ2v) is 8.68. The Balaban J connectivity index is 3.55. The van der Waals surface area contributed by atoms with E-state index in [4.69, 9.17) is 4.74 Å². The molecule has 0 saturated carbocycles. The number of esters is 1. The molecule has 0 radical (unpaired) electrons. The quantitative estimate of drug-likeness (QED) is 0.119. The molecule has 0 aromatic heterocycles. The van der Waals surface area contributed by atoms with E-state index < -0.39 is 0 Å². The highest BCUT2D eigenvalue weighted by molar-refractivity contribution is 5.69. The fourth-order valence-electron chi connectivity index (χ4n) is 3.70. The van der Waals surface area contributed by atoms with E-state index in [0.717, 1.165) is 51.7 Å². The minimum atomic E-state index is -0.117. The van der Waals surface area contributed by atoms with E-state index in [-0.39, 0.29) is 19.2 Å². The number of nitrogens with zero attached hydrogens (tertiary/aromatic N) is 1. The van der Waals surface area contributed by atoms with E-state index in [0.29, 0.717) is 6.42 Å². The third kappa shape index (κ3) is 23.4. The third-order valence-electron chi connectivity index (χ3n) is 5.69. The molecule has 0 fully saturated rings. The number of ether oxygens (including phenoxy) is 1. The van der Waals surface area contributed by atoms with Gasteiger partial charge in [0.05, 0.1) is 6.61 Å². The predicted octanol–water partition coefficient (Wildman–Crippen LogP) is 6.50. The highest BCUT2D eigenvalue weighted by Crippen LogP contribution is 2.09. The summed E-state index contributed by atoms with van der Waals surface area (Å²) in [5, 5.41) is 9.28. The van der Waals surface area contributed by atoms with Crippen molar-refractivity contribution in [3.63, 3.8) is 0 Å². The van der Waals surface area contributed by atoms with Crippen molar-refractivity contribution in [2.24, 2.45) is 0 Å². The summed E-state index contributed by atoms with van der Waals surface area (Å²) in [6.07, 6.45) is 19.7. The molecule has 0 aliphatic rings. The van der Waals surface area contributed by atoms with Crippen LogP contribution in [-0.2, 0) is 9.53 Å². The van der Waals surface area contributed by atoms with Gasteiger partial charge in [0.1, 0.15) is 0 Å². The molecule has 0 bridgehead atoms. The van der Waals surface area contributed by atoms with Crippen LogP contribution in [0.25, 0.3) is 0 Å². The molecule has 0 atom stereocenters. The average molecular weight is 438 g/mol. The highest BCUT2D eigenvalue weighted by Gasteiger charge is 2.05. The van der Waals surface area contributed by atoms with Gasteiger partial charge in [-0.2, -0.15) is 0 Å². The maximum absolute atomic E-state index is 11.7. The van der Waals surface area contributed by atoms with Crippen molar-refractivity contribution in [2.75, 3.05) is 32.8 Å². The van der Waals surface area contributed by atoms with Crippen molar-refractivity contribution < 1.29 is 14.6 Å². The predicted molar refractivity (Wildman–Crippen MR) is 132 cm³/mol. The zero-order chi connectivity index (χ0) is 22.8. The number of unbranched alkanes of at least 4 members (excludes halogenated alkanes) is 13. The lowest BCUT2D eigenvalue weighted by molar-refractivity contribution is -0.142. The lowest BCUT2D eigenvalue weighted by Crippen LogP contribution is -2.29. The zero-order valence-electron chi connectivity index (χ0n) is 20.8. The largest absolute Gasteiger partial charge is 0.452 e. The first-order valence-electron chi connectivity index (χ1n) is 13.2. The monoisotopic (exact) mass is 437 g/mol. The summed E-state index contributed by atoms with van der Waals surface area (Å²) in [7, 11) is 0. The Bertz CT molecular complexity index is 441. The molecule has 0 aromatic carbocycles. The van der Waals surface area contributed by atoms with Crippen LogP contribution in [0.15, 0.2) is 0 Å². The zero-order valence-corrected chi connectivity index (χ0v) is 20.8. The van der Waals surface area contributed by atoms with E-state index >= 15 is 0 Å². The second kappa shape index (κ2) is 25.2. The van der Waals surface area contributed by atoms with Crippen LogP contribution in [0.4, 0.5) is 0 Å². The minimum absolute atomic E-state index is 0.117. The smallest absolute Gasteiger partial charge is 0.306 e. The lowest BCUT2D eigenvalue weighted by atomic mass is 10.1. The average Bonchev–Trinajstić information content (AvgIpc) is 2.77. The van der Waals surface area contributed by atoms with Crippen LogP contribution in [0.1, 0.15) is 123 Å². The van der Waals surface area contributed by atoms with Crippen molar-refractivity contribution in [3.8, 4) is 11.8 Å². The van der Waals surface area contributed by atoms with Gasteiger partial charge in [0, 0.05) is 19.4 Å². The number of hydrogen-bond acceptors (Lipinski definition) is 4. The van der Waals surface area contributed by atoms with Crippen LogP contribution >= 0.6 is 0 Å². The molecule has 0 heterocycles. The van der Waals surface area contributed by atoms with E-state index in [1.54, 1.807) is 0 Å². The van der Waals surface area contributed by atoms with Crippen molar-refractivity contribution in [2.45, 2.75) is 123 Å². The van der Waals surface area contributed by atoms with Crippen LogP contribution in [0.2, 0.25) is 0 Å². The standard InChI is InChI=1S/C27H51NO3/c1-3-5-7-9-11-16-20-26-31-27(30)21-17-13-12-15-19-23-28(24-25-29)22-18-14-10-8-6-4-2/h29H,3-15,17-19,21-26H2,1-2H3. The molecule has 4 heteroatoms. The first-order valence-corrected chi connectivity index (χ1v) is 13.2. The van der Waals surface area contributed by atoms with Crippen LogP contribution in [0.5, 0.6) is 0 Å². The number of aliphatic hydroxyl groups excluding tert-OH is 1. The second-order valence-electron chi connectivity index (χ2n) is 8.68. The first kappa shape index (κ1) is 29.9. The Hall–Kier alpha value is -1.05. The van der Waals surface area contributed by atoms with Crippen molar-refractivity contribution in [3.05, 3.63) is 0 Å². The van der Waals surface area contributed by atoms with Crippen molar-refractivity contribution in [1.29, 1.82) is 0 Å². The van der Waals surface area contributed by atoms with Gasteiger partial charge in [0.25, 0.3) is 0 Å². The van der Waals surface area contributed by atoms with Crippen LogP contribution in [-0.4, -0.2) is 48.8 Å². The van der Waals surface area contributed by atoms with E-state index in [2.05, 4.69) is 30.6 Å². The number of aliphatic hydroxyl groups is 1. The van der Waals surface area contributed by atoms with Crippen LogP contribution in [0, 0.1) is 11.8 Å². The minimum Gasteiger partial charge on any atom is -0.452 e. The van der Waals surface area contributed by atoms with Gasteiger partial charge in [-0.15, -0.1) is 0 Å². The van der Waals surface area contributed by atoms with Crippen LogP contribution in [0.3, 0.4) is 0 Å². The highest BCUT2D eigenvalue weighted by atomic mass is 16.5. The van der Waals surface area contributed by atoms with Crippen molar-refractivity contribution in [1.82, 2.24) is 4.90 Å². The number of carbonyl (C=O) groups is 1. The molecule has 0 rings (SSSR count). The molecule has 0 saturated heterocycles. The summed E-state index contributed by atoms with van der Waals surface area (Å²) in [4.78, 5) is 14.1. The topological polar surface area (TPSA) is 49.8 Å². The maximum Gasteiger partial charge on any atom is 0.306 e. The summed E-state index contributed by atoms with van der Waals surface area (Å²) >= 11 is 0. The molecular formula is C27H51NO3. The molecule has 0 aliphatic carbocycles. The van der Waals surface area contributed by atoms with Gasteiger partial charge in [-0.1, -0.05) is 96.3 Å². The Kier molecular flexibility index (Phi) is 24.4. The van der Waals surface area contributed by atoms with Gasteiger partial charge in [0.15, 0.2) is 6.61 Å². The van der Waals surface area contributed by atoms with Gasteiger partial charge in [-0.3, -0.25) is 4.79 Å². The normalized spacial score (nSPS) is 10.8. The summed E-state index contributed by atoms with van der Waals surface area (Å²) in [6.45, 7) is 7.93. The van der Waals surface area contributed by atoms with Gasteiger partial charge in [0.2, 0.25) is 0 Å². The summed E-state index contributed by atoms with van der Waals surface area (Å²) < 4.78 is 5.18. The summed E-state index contributed by atoms with van der Waals surface area (Å²) in [5.41, 5.74) is 0. The summed E-state index contributed by atoms with van der Waals surface area (Å²) in [6, 6.07) is 0. The van der Waals surface area contributed by atoms with Gasteiger partial charge >= 0.3 is 5.97 Å². The van der Waals surface area contributed by atoms with E-state index in [9.17, 15) is 9.90 Å². The third-order valence-corrected chi connectivity index (χ3v) is 5.69. The molecular weight excluding hydrogens is 386 g/mol. The summed E-state index contributed by atoms with van der Waals surface area (Å²) in [5.74, 6) is 5.91. The van der Waals surface area contributed by atoms with Crippen LogP contribution < -0.4 is 0 Å². The molecule has 4 nitrogen and oxygen atoms in total. The Morgan fingerprint density at radius 1 is 0.710 bits per heavy atom. The number of hydrogen-bond donors (Lipinski definition) is 1. The van der Waals surface area contributed by atoms with E-state index in [1.807, 2.05) is 0 Å².